The topological polar surface area (TPSA) is 51.0 Å². The van der Waals surface area contributed by atoms with Crippen LogP contribution in [0.4, 0.5) is 10.1 Å². The van der Waals surface area contributed by atoms with E-state index in [1.165, 1.54) is 6.07 Å². The summed E-state index contributed by atoms with van der Waals surface area (Å²) in [6.45, 7) is 2.11. The molecule has 0 radical (unpaired) electrons. The molecule has 0 aliphatic carbocycles. The minimum absolute atomic E-state index is 0.0718. The van der Waals surface area contributed by atoms with Gasteiger partial charge in [-0.15, -0.1) is 0 Å². The third kappa shape index (κ3) is 2.64. The van der Waals surface area contributed by atoms with Crippen LogP contribution in [0.3, 0.4) is 0 Å². The zero-order valence-corrected chi connectivity index (χ0v) is 13.1. The molecule has 0 unspecified atom stereocenters. The van der Waals surface area contributed by atoms with E-state index in [0.29, 0.717) is 29.2 Å². The second-order valence-corrected chi connectivity index (χ2v) is 6.13. The monoisotopic (exact) mass is 324 g/mol. The van der Waals surface area contributed by atoms with Gasteiger partial charge in [0, 0.05) is 25.8 Å². The van der Waals surface area contributed by atoms with Crippen molar-refractivity contribution >= 4 is 16.7 Å². The van der Waals surface area contributed by atoms with Crippen LogP contribution < -0.4 is 10.5 Å². The van der Waals surface area contributed by atoms with Gasteiger partial charge in [-0.25, -0.2) is 14.4 Å². The molecular formula is C18H17FN4O. The fourth-order valence-electron chi connectivity index (χ4n) is 3.32. The predicted molar refractivity (Wildman–Crippen MR) is 90.5 cm³/mol. The van der Waals surface area contributed by atoms with E-state index in [2.05, 4.69) is 9.97 Å². The lowest BCUT2D eigenvalue weighted by molar-refractivity contribution is 0.473. The highest BCUT2D eigenvalue weighted by Crippen LogP contribution is 2.26. The molecule has 1 aliphatic rings. The van der Waals surface area contributed by atoms with Crippen molar-refractivity contribution in [3.8, 4) is 0 Å². The molecule has 3 aromatic rings. The molecule has 1 aromatic carbocycles. The van der Waals surface area contributed by atoms with Crippen LogP contribution in [0.25, 0.3) is 11.0 Å². The standard InChI is InChI=1S/C18H17FN4O/c19-15-5-1-2-6-16(15)22-9-7-13(10-22)11-23-12-21-17-14(18(23)24)4-3-8-20-17/h1-6,8,12-13H,7,9-11H2/t13-/m1/s1. The van der Waals surface area contributed by atoms with Crippen LogP contribution in [0.15, 0.2) is 53.7 Å². The predicted octanol–water partition coefficient (Wildman–Crippen LogP) is 2.46. The number of fused-ring (bicyclic) bond motifs is 1. The number of aromatic nitrogens is 3. The molecule has 1 fully saturated rings. The van der Waals surface area contributed by atoms with Gasteiger partial charge in [-0.05, 0) is 36.6 Å². The average molecular weight is 324 g/mol. The van der Waals surface area contributed by atoms with Crippen molar-refractivity contribution in [2.75, 3.05) is 18.0 Å². The Hall–Kier alpha value is -2.76. The molecule has 1 aliphatic heterocycles. The van der Waals surface area contributed by atoms with Crippen LogP contribution in [-0.2, 0) is 6.54 Å². The van der Waals surface area contributed by atoms with Gasteiger partial charge in [-0.2, -0.15) is 0 Å². The number of halogens is 1. The van der Waals surface area contributed by atoms with E-state index in [-0.39, 0.29) is 11.4 Å². The van der Waals surface area contributed by atoms with Gasteiger partial charge in [0.05, 0.1) is 17.4 Å². The lowest BCUT2D eigenvalue weighted by Crippen LogP contribution is -2.27. The molecule has 1 saturated heterocycles. The number of benzene rings is 1. The van der Waals surface area contributed by atoms with Gasteiger partial charge in [0.2, 0.25) is 0 Å². The summed E-state index contributed by atoms with van der Waals surface area (Å²) in [7, 11) is 0. The number of hydrogen-bond acceptors (Lipinski definition) is 4. The summed E-state index contributed by atoms with van der Waals surface area (Å²) in [4.78, 5) is 22.9. The molecule has 3 heterocycles. The van der Waals surface area contributed by atoms with Gasteiger partial charge in [-0.3, -0.25) is 9.36 Å². The molecule has 4 rings (SSSR count). The summed E-state index contributed by atoms with van der Waals surface area (Å²) >= 11 is 0. The molecule has 122 valence electrons. The van der Waals surface area contributed by atoms with E-state index in [4.69, 9.17) is 0 Å². The molecule has 5 nitrogen and oxygen atoms in total. The van der Waals surface area contributed by atoms with Crippen LogP contribution in [0.2, 0.25) is 0 Å². The Morgan fingerprint density at radius 2 is 2.04 bits per heavy atom. The SMILES string of the molecule is O=c1c2cccnc2ncn1C[C@@H]1CCN(c2ccccc2F)C1. The first-order chi connectivity index (χ1) is 11.7. The summed E-state index contributed by atoms with van der Waals surface area (Å²) in [6.07, 6.45) is 4.11. The van der Waals surface area contributed by atoms with Crippen molar-refractivity contribution in [2.45, 2.75) is 13.0 Å². The minimum atomic E-state index is -0.200. The Labute approximate surface area is 138 Å². The highest BCUT2D eigenvalue weighted by molar-refractivity contribution is 5.72. The molecule has 6 heteroatoms. The van der Waals surface area contributed by atoms with E-state index in [0.717, 1.165) is 19.5 Å². The zero-order chi connectivity index (χ0) is 16.5. The first kappa shape index (κ1) is 14.8. The van der Waals surface area contributed by atoms with Crippen LogP contribution in [0.5, 0.6) is 0 Å². The Morgan fingerprint density at radius 1 is 1.17 bits per heavy atom. The molecule has 24 heavy (non-hydrogen) atoms. The van der Waals surface area contributed by atoms with E-state index in [1.54, 1.807) is 41.4 Å². The number of para-hydroxylation sites is 1. The molecular weight excluding hydrogens is 307 g/mol. The maximum absolute atomic E-state index is 13.9. The van der Waals surface area contributed by atoms with Gasteiger partial charge in [-0.1, -0.05) is 12.1 Å². The zero-order valence-electron chi connectivity index (χ0n) is 13.1. The molecule has 0 saturated carbocycles. The van der Waals surface area contributed by atoms with E-state index >= 15 is 0 Å². The largest absolute Gasteiger partial charge is 0.369 e. The first-order valence-corrected chi connectivity index (χ1v) is 8.02. The number of pyridine rings is 1. The Balaban J connectivity index is 1.54. The van der Waals surface area contributed by atoms with Gasteiger partial charge < -0.3 is 4.90 Å². The molecule has 2 aromatic heterocycles. The lowest BCUT2D eigenvalue weighted by Gasteiger charge is -2.19. The van der Waals surface area contributed by atoms with Crippen molar-refractivity contribution < 1.29 is 4.39 Å². The number of rotatable bonds is 3. The fraction of sp³-hybridized carbons (Fsp3) is 0.278. The average Bonchev–Trinajstić information content (AvgIpc) is 3.06. The normalized spacial score (nSPS) is 17.5. The fourth-order valence-corrected chi connectivity index (χ4v) is 3.32. The summed E-state index contributed by atoms with van der Waals surface area (Å²) in [5.74, 6) is 0.0898. The van der Waals surface area contributed by atoms with Crippen LogP contribution >= 0.6 is 0 Å². The van der Waals surface area contributed by atoms with Crippen LogP contribution in [-0.4, -0.2) is 27.6 Å². The smallest absolute Gasteiger partial charge is 0.262 e. The van der Waals surface area contributed by atoms with Crippen molar-refractivity contribution in [3.63, 3.8) is 0 Å². The van der Waals surface area contributed by atoms with Crippen LogP contribution in [0.1, 0.15) is 6.42 Å². The van der Waals surface area contributed by atoms with Gasteiger partial charge in [0.25, 0.3) is 5.56 Å². The number of nitrogens with zero attached hydrogens (tertiary/aromatic N) is 4. The maximum Gasteiger partial charge on any atom is 0.262 e. The maximum atomic E-state index is 13.9. The number of anilines is 1. The number of hydrogen-bond donors (Lipinski definition) is 0. The molecule has 0 N–H and O–H groups in total. The van der Waals surface area contributed by atoms with Crippen molar-refractivity contribution in [1.82, 2.24) is 14.5 Å². The Kier molecular flexibility index (Phi) is 3.72. The molecule has 0 amide bonds. The summed E-state index contributed by atoms with van der Waals surface area (Å²) in [6, 6.07) is 10.3. The second kappa shape index (κ2) is 6.03. The summed E-state index contributed by atoms with van der Waals surface area (Å²) < 4.78 is 15.6. The summed E-state index contributed by atoms with van der Waals surface area (Å²) in [5.41, 5.74) is 1.03. The third-order valence-corrected chi connectivity index (χ3v) is 4.53. The Morgan fingerprint density at radius 3 is 2.92 bits per heavy atom. The highest BCUT2D eigenvalue weighted by atomic mass is 19.1. The highest BCUT2D eigenvalue weighted by Gasteiger charge is 2.25. The van der Waals surface area contributed by atoms with E-state index < -0.39 is 0 Å². The van der Waals surface area contributed by atoms with Crippen molar-refractivity contribution in [1.29, 1.82) is 0 Å². The summed E-state index contributed by atoms with van der Waals surface area (Å²) in [5, 5.41) is 0.531. The van der Waals surface area contributed by atoms with Crippen molar-refractivity contribution in [3.05, 3.63) is 65.1 Å². The quantitative estimate of drug-likeness (QED) is 0.743. The molecule has 1 atom stereocenters. The first-order valence-electron chi connectivity index (χ1n) is 8.02. The van der Waals surface area contributed by atoms with Gasteiger partial charge >= 0.3 is 0 Å². The van der Waals surface area contributed by atoms with E-state index in [1.807, 2.05) is 11.0 Å². The van der Waals surface area contributed by atoms with Crippen molar-refractivity contribution in [2.24, 2.45) is 5.92 Å². The van der Waals surface area contributed by atoms with Gasteiger partial charge in [0.1, 0.15) is 5.82 Å². The Bertz CT molecular complexity index is 939. The lowest BCUT2D eigenvalue weighted by atomic mass is 10.1. The van der Waals surface area contributed by atoms with Gasteiger partial charge in [0.15, 0.2) is 5.65 Å². The molecule has 0 spiro atoms. The second-order valence-electron chi connectivity index (χ2n) is 6.13. The molecule has 0 bridgehead atoms. The van der Waals surface area contributed by atoms with E-state index in [9.17, 15) is 9.18 Å². The third-order valence-electron chi connectivity index (χ3n) is 4.53. The van der Waals surface area contributed by atoms with Crippen LogP contribution in [0, 0.1) is 11.7 Å². The minimum Gasteiger partial charge on any atom is -0.369 e.